The molecule has 2 rings (SSSR count). The maximum Gasteiger partial charge on any atom is 0.144 e. The van der Waals surface area contributed by atoms with Crippen LogP contribution in [0.1, 0.15) is 18.9 Å². The highest BCUT2D eigenvalue weighted by Crippen LogP contribution is 2.26. The van der Waals surface area contributed by atoms with Crippen LogP contribution >= 0.6 is 0 Å². The van der Waals surface area contributed by atoms with Crippen molar-refractivity contribution in [1.82, 2.24) is 0 Å². The van der Waals surface area contributed by atoms with Crippen LogP contribution in [0.3, 0.4) is 0 Å². The molecule has 0 saturated heterocycles. The third kappa shape index (κ3) is 4.38. The van der Waals surface area contributed by atoms with Crippen LogP contribution in [0.5, 0.6) is 11.5 Å². The van der Waals surface area contributed by atoms with Gasteiger partial charge in [0.05, 0.1) is 12.8 Å². The van der Waals surface area contributed by atoms with Gasteiger partial charge < -0.3 is 15.2 Å². The third-order valence-electron chi connectivity index (χ3n) is 3.37. The van der Waals surface area contributed by atoms with E-state index in [1.165, 1.54) is 24.8 Å². The summed E-state index contributed by atoms with van der Waals surface area (Å²) in [7, 11) is 1.53. The molecular weight excluding hydrogens is 269 g/mol. The van der Waals surface area contributed by atoms with Gasteiger partial charge in [0.2, 0.25) is 0 Å². The first-order valence-electron chi connectivity index (χ1n) is 6.96. The number of methoxy groups -OCH3 is 1. The van der Waals surface area contributed by atoms with Crippen molar-refractivity contribution >= 4 is 5.69 Å². The number of benzene rings is 2. The smallest absolute Gasteiger partial charge is 0.144 e. The minimum Gasteiger partial charge on any atom is -0.508 e. The topological polar surface area (TPSA) is 41.5 Å². The Morgan fingerprint density at radius 3 is 2.57 bits per heavy atom. The van der Waals surface area contributed by atoms with Gasteiger partial charge in [-0.2, -0.15) is 0 Å². The van der Waals surface area contributed by atoms with Crippen LogP contribution in [0.2, 0.25) is 0 Å². The number of halogens is 1. The van der Waals surface area contributed by atoms with Crippen molar-refractivity contribution in [3.63, 3.8) is 0 Å². The van der Waals surface area contributed by atoms with Crippen LogP contribution in [0.25, 0.3) is 0 Å². The van der Waals surface area contributed by atoms with E-state index in [9.17, 15) is 9.50 Å². The first-order chi connectivity index (χ1) is 10.1. The number of phenolic OH excluding ortho intramolecular Hbond substituents is 1. The highest BCUT2D eigenvalue weighted by Gasteiger charge is 2.08. The standard InChI is InChI=1S/C17H20FNO2/c1-12(3-4-13-5-8-15(20)9-6-13)19-16-10-7-14(18)11-17(16)21-2/h5-12,19-20H,3-4H2,1-2H3. The minimum atomic E-state index is -0.311. The summed E-state index contributed by atoms with van der Waals surface area (Å²) in [5, 5.41) is 12.6. The fourth-order valence-electron chi connectivity index (χ4n) is 2.17. The van der Waals surface area contributed by atoms with Crippen molar-refractivity contribution in [2.24, 2.45) is 0 Å². The molecule has 0 fully saturated rings. The molecule has 21 heavy (non-hydrogen) atoms. The number of anilines is 1. The molecule has 4 heteroatoms. The van der Waals surface area contributed by atoms with E-state index < -0.39 is 0 Å². The summed E-state index contributed by atoms with van der Waals surface area (Å²) in [4.78, 5) is 0. The summed E-state index contributed by atoms with van der Waals surface area (Å²) >= 11 is 0. The van der Waals surface area contributed by atoms with Crippen LogP contribution in [0.15, 0.2) is 42.5 Å². The Kier molecular flexibility index (Phi) is 5.04. The largest absolute Gasteiger partial charge is 0.508 e. The molecule has 0 spiro atoms. The van der Waals surface area contributed by atoms with Crippen LogP contribution in [0.4, 0.5) is 10.1 Å². The van der Waals surface area contributed by atoms with Crippen molar-refractivity contribution in [2.75, 3.05) is 12.4 Å². The van der Waals surface area contributed by atoms with E-state index >= 15 is 0 Å². The fourth-order valence-corrected chi connectivity index (χ4v) is 2.17. The van der Waals surface area contributed by atoms with Gasteiger partial charge in [-0.25, -0.2) is 4.39 Å². The summed E-state index contributed by atoms with van der Waals surface area (Å²) in [6.45, 7) is 2.07. The molecule has 2 aromatic rings. The molecule has 0 radical (unpaired) electrons. The summed E-state index contributed by atoms with van der Waals surface area (Å²) in [6, 6.07) is 11.9. The van der Waals surface area contributed by atoms with Gasteiger partial charge in [0, 0.05) is 12.1 Å². The van der Waals surface area contributed by atoms with Gasteiger partial charge in [-0.3, -0.25) is 0 Å². The molecule has 2 aromatic carbocycles. The molecule has 112 valence electrons. The molecule has 0 bridgehead atoms. The predicted molar refractivity (Wildman–Crippen MR) is 82.5 cm³/mol. The van der Waals surface area contributed by atoms with Crippen LogP contribution in [0, 0.1) is 5.82 Å². The molecule has 3 nitrogen and oxygen atoms in total. The Labute approximate surface area is 124 Å². The number of aromatic hydroxyl groups is 1. The first-order valence-corrected chi connectivity index (χ1v) is 6.96. The van der Waals surface area contributed by atoms with E-state index in [-0.39, 0.29) is 17.6 Å². The Morgan fingerprint density at radius 1 is 1.19 bits per heavy atom. The highest BCUT2D eigenvalue weighted by atomic mass is 19.1. The van der Waals surface area contributed by atoms with Crippen molar-refractivity contribution in [3.8, 4) is 11.5 Å². The molecule has 2 N–H and O–H groups in total. The molecule has 0 aromatic heterocycles. The number of ether oxygens (including phenoxy) is 1. The van der Waals surface area contributed by atoms with Gasteiger partial charge in [0.25, 0.3) is 0 Å². The summed E-state index contributed by atoms with van der Waals surface area (Å²) in [6.07, 6.45) is 1.82. The van der Waals surface area contributed by atoms with E-state index in [0.717, 1.165) is 18.5 Å². The second kappa shape index (κ2) is 6.97. The zero-order valence-electron chi connectivity index (χ0n) is 12.3. The number of rotatable bonds is 6. The average molecular weight is 289 g/mol. The lowest BCUT2D eigenvalue weighted by atomic mass is 10.1. The number of aryl methyl sites for hydroxylation is 1. The summed E-state index contributed by atoms with van der Waals surface area (Å²) in [5.74, 6) is 0.474. The van der Waals surface area contributed by atoms with Gasteiger partial charge in [-0.1, -0.05) is 12.1 Å². The Hall–Kier alpha value is -2.23. The lowest BCUT2D eigenvalue weighted by molar-refractivity contribution is 0.412. The normalized spacial score (nSPS) is 12.0. The fraction of sp³-hybridized carbons (Fsp3) is 0.294. The summed E-state index contributed by atoms with van der Waals surface area (Å²) in [5.41, 5.74) is 1.96. The van der Waals surface area contributed by atoms with Crippen molar-refractivity contribution in [1.29, 1.82) is 0 Å². The molecule has 0 amide bonds. The maximum absolute atomic E-state index is 13.1. The third-order valence-corrected chi connectivity index (χ3v) is 3.37. The van der Waals surface area contributed by atoms with Gasteiger partial charge in [0.15, 0.2) is 0 Å². The second-order valence-electron chi connectivity index (χ2n) is 5.10. The number of nitrogens with one attached hydrogen (secondary N) is 1. The molecule has 0 aliphatic heterocycles. The van der Waals surface area contributed by atoms with Crippen molar-refractivity contribution in [3.05, 3.63) is 53.8 Å². The highest BCUT2D eigenvalue weighted by molar-refractivity contribution is 5.56. The molecule has 0 saturated carbocycles. The van der Waals surface area contributed by atoms with E-state index in [0.29, 0.717) is 5.75 Å². The Balaban J connectivity index is 1.92. The molecule has 1 unspecified atom stereocenters. The van der Waals surface area contributed by atoms with E-state index in [2.05, 4.69) is 12.2 Å². The first kappa shape index (κ1) is 15.2. The van der Waals surface area contributed by atoms with Crippen molar-refractivity contribution in [2.45, 2.75) is 25.8 Å². The zero-order chi connectivity index (χ0) is 15.2. The monoisotopic (exact) mass is 289 g/mol. The number of hydrogen-bond acceptors (Lipinski definition) is 3. The second-order valence-corrected chi connectivity index (χ2v) is 5.10. The van der Waals surface area contributed by atoms with Crippen LogP contribution in [-0.2, 0) is 6.42 Å². The predicted octanol–water partition coefficient (Wildman–Crippen LogP) is 3.97. The molecule has 1 atom stereocenters. The Bertz CT molecular complexity index is 584. The number of phenols is 1. The Morgan fingerprint density at radius 2 is 1.90 bits per heavy atom. The quantitative estimate of drug-likeness (QED) is 0.845. The van der Waals surface area contributed by atoms with Crippen LogP contribution < -0.4 is 10.1 Å². The zero-order valence-corrected chi connectivity index (χ0v) is 12.3. The minimum absolute atomic E-state index is 0.221. The molecule has 0 heterocycles. The average Bonchev–Trinajstić information content (AvgIpc) is 2.48. The SMILES string of the molecule is COc1cc(F)ccc1NC(C)CCc1ccc(O)cc1. The summed E-state index contributed by atoms with van der Waals surface area (Å²) < 4.78 is 18.3. The lowest BCUT2D eigenvalue weighted by Crippen LogP contribution is -2.16. The van der Waals surface area contributed by atoms with Gasteiger partial charge in [-0.15, -0.1) is 0 Å². The molecular formula is C17H20FNO2. The van der Waals surface area contributed by atoms with E-state index in [4.69, 9.17) is 4.74 Å². The number of hydrogen-bond donors (Lipinski definition) is 2. The van der Waals surface area contributed by atoms with E-state index in [1.54, 1.807) is 18.2 Å². The molecule has 0 aliphatic rings. The van der Waals surface area contributed by atoms with Gasteiger partial charge in [-0.05, 0) is 49.6 Å². The molecule has 0 aliphatic carbocycles. The maximum atomic E-state index is 13.1. The van der Waals surface area contributed by atoms with Crippen LogP contribution in [-0.4, -0.2) is 18.3 Å². The lowest BCUT2D eigenvalue weighted by Gasteiger charge is -2.17. The van der Waals surface area contributed by atoms with E-state index in [1.807, 2.05) is 12.1 Å². The van der Waals surface area contributed by atoms with Crippen molar-refractivity contribution < 1.29 is 14.2 Å². The van der Waals surface area contributed by atoms with Gasteiger partial charge in [0.1, 0.15) is 17.3 Å². The van der Waals surface area contributed by atoms with Gasteiger partial charge >= 0.3 is 0 Å².